The van der Waals surface area contributed by atoms with Gasteiger partial charge in [0.15, 0.2) is 0 Å². The van der Waals surface area contributed by atoms with Crippen molar-refractivity contribution in [3.8, 4) is 0 Å². The van der Waals surface area contributed by atoms with E-state index in [0.29, 0.717) is 6.04 Å². The quantitative estimate of drug-likeness (QED) is 0.717. The second kappa shape index (κ2) is 6.09. The van der Waals surface area contributed by atoms with Gasteiger partial charge in [-0.2, -0.15) is 0 Å². The van der Waals surface area contributed by atoms with Crippen molar-refractivity contribution in [2.45, 2.75) is 39.7 Å². The standard InChI is InChI=1S/C13H21NS/c1-5-10(3)9-12(14-6-2)13-11(4)7-8-15-13/h7-8,12,14H,3,5-6,9H2,1-2,4H3. The first kappa shape index (κ1) is 12.5. The van der Waals surface area contributed by atoms with Gasteiger partial charge in [-0.3, -0.25) is 0 Å². The Balaban J connectivity index is 2.74. The van der Waals surface area contributed by atoms with Crippen LogP contribution in [0.5, 0.6) is 0 Å². The van der Waals surface area contributed by atoms with Crippen molar-refractivity contribution in [2.75, 3.05) is 6.54 Å². The van der Waals surface area contributed by atoms with Crippen LogP contribution in [0.1, 0.15) is 43.2 Å². The van der Waals surface area contributed by atoms with Gasteiger partial charge in [-0.15, -0.1) is 11.3 Å². The van der Waals surface area contributed by atoms with Crippen LogP contribution in [0.2, 0.25) is 0 Å². The largest absolute Gasteiger partial charge is 0.309 e. The van der Waals surface area contributed by atoms with Crippen LogP contribution in [0.25, 0.3) is 0 Å². The molecule has 0 spiro atoms. The lowest BCUT2D eigenvalue weighted by Crippen LogP contribution is -2.21. The summed E-state index contributed by atoms with van der Waals surface area (Å²) in [7, 11) is 0. The van der Waals surface area contributed by atoms with E-state index in [4.69, 9.17) is 0 Å². The molecule has 1 rings (SSSR count). The van der Waals surface area contributed by atoms with E-state index in [-0.39, 0.29) is 0 Å². The highest BCUT2D eigenvalue weighted by Crippen LogP contribution is 2.28. The van der Waals surface area contributed by atoms with Crippen molar-refractivity contribution in [2.24, 2.45) is 0 Å². The number of hydrogen-bond donors (Lipinski definition) is 1. The lowest BCUT2D eigenvalue weighted by Gasteiger charge is -2.18. The van der Waals surface area contributed by atoms with Gasteiger partial charge < -0.3 is 5.32 Å². The summed E-state index contributed by atoms with van der Waals surface area (Å²) in [5.74, 6) is 0. The molecule has 1 unspecified atom stereocenters. The number of hydrogen-bond acceptors (Lipinski definition) is 2. The van der Waals surface area contributed by atoms with Crippen molar-refractivity contribution >= 4 is 11.3 Å². The van der Waals surface area contributed by atoms with Crippen LogP contribution in [0.15, 0.2) is 23.6 Å². The minimum atomic E-state index is 0.461. The maximum Gasteiger partial charge on any atom is 0.0454 e. The Bertz CT molecular complexity index is 314. The maximum atomic E-state index is 4.10. The molecule has 1 atom stereocenters. The molecule has 0 aliphatic heterocycles. The fraction of sp³-hybridized carbons (Fsp3) is 0.538. The first-order valence-electron chi connectivity index (χ1n) is 5.63. The van der Waals surface area contributed by atoms with Gasteiger partial charge in [0.05, 0.1) is 0 Å². The van der Waals surface area contributed by atoms with E-state index in [0.717, 1.165) is 19.4 Å². The zero-order valence-corrected chi connectivity index (χ0v) is 10.8. The first-order valence-corrected chi connectivity index (χ1v) is 6.51. The van der Waals surface area contributed by atoms with Crippen molar-refractivity contribution < 1.29 is 0 Å². The third-order valence-electron chi connectivity index (χ3n) is 2.66. The number of rotatable bonds is 6. The highest BCUT2D eigenvalue weighted by atomic mass is 32.1. The molecule has 0 aliphatic carbocycles. The van der Waals surface area contributed by atoms with E-state index in [9.17, 15) is 0 Å². The highest BCUT2D eigenvalue weighted by Gasteiger charge is 2.14. The summed E-state index contributed by atoms with van der Waals surface area (Å²) in [6, 6.07) is 2.65. The van der Waals surface area contributed by atoms with Crippen LogP contribution >= 0.6 is 11.3 Å². The monoisotopic (exact) mass is 223 g/mol. The average molecular weight is 223 g/mol. The van der Waals surface area contributed by atoms with Gasteiger partial charge in [0.25, 0.3) is 0 Å². The average Bonchev–Trinajstić information content (AvgIpc) is 2.63. The summed E-state index contributed by atoms with van der Waals surface area (Å²) < 4.78 is 0. The molecule has 0 saturated heterocycles. The molecule has 0 bridgehead atoms. The molecule has 2 heteroatoms. The summed E-state index contributed by atoms with van der Waals surface area (Å²) in [6.07, 6.45) is 2.14. The summed E-state index contributed by atoms with van der Waals surface area (Å²) >= 11 is 1.85. The Morgan fingerprint density at radius 1 is 1.53 bits per heavy atom. The van der Waals surface area contributed by atoms with Crippen molar-refractivity contribution in [3.63, 3.8) is 0 Å². The summed E-state index contributed by atoms with van der Waals surface area (Å²) in [6.45, 7) is 11.6. The van der Waals surface area contributed by atoms with Crippen molar-refractivity contribution in [1.29, 1.82) is 0 Å². The molecule has 1 nitrogen and oxygen atoms in total. The van der Waals surface area contributed by atoms with Crippen LogP contribution in [0, 0.1) is 6.92 Å². The molecule has 1 N–H and O–H groups in total. The fourth-order valence-electron chi connectivity index (χ4n) is 1.68. The number of aryl methyl sites for hydroxylation is 1. The molecule has 0 fully saturated rings. The Hall–Kier alpha value is -0.600. The van der Waals surface area contributed by atoms with E-state index >= 15 is 0 Å². The summed E-state index contributed by atoms with van der Waals surface area (Å²) in [4.78, 5) is 1.46. The molecule has 15 heavy (non-hydrogen) atoms. The van der Waals surface area contributed by atoms with Crippen LogP contribution in [-0.4, -0.2) is 6.54 Å². The van der Waals surface area contributed by atoms with Gasteiger partial charge in [-0.05, 0) is 43.3 Å². The van der Waals surface area contributed by atoms with Gasteiger partial charge in [-0.25, -0.2) is 0 Å². The molecule has 0 radical (unpaired) electrons. The first-order chi connectivity index (χ1) is 7.19. The molecule has 0 aromatic carbocycles. The number of nitrogens with one attached hydrogen (secondary N) is 1. The van der Waals surface area contributed by atoms with E-state index in [1.807, 2.05) is 11.3 Å². The van der Waals surface area contributed by atoms with Gasteiger partial charge in [0, 0.05) is 10.9 Å². The SMILES string of the molecule is C=C(CC)CC(NCC)c1sccc1C. The fourth-order valence-corrected chi connectivity index (χ4v) is 2.68. The zero-order chi connectivity index (χ0) is 11.3. The van der Waals surface area contributed by atoms with E-state index in [1.165, 1.54) is 16.0 Å². The van der Waals surface area contributed by atoms with Gasteiger partial charge in [0.1, 0.15) is 0 Å². The Morgan fingerprint density at radius 2 is 2.27 bits per heavy atom. The molecule has 84 valence electrons. The van der Waals surface area contributed by atoms with Gasteiger partial charge in [-0.1, -0.05) is 26.0 Å². The molecule has 0 aliphatic rings. The molecule has 0 amide bonds. The minimum Gasteiger partial charge on any atom is -0.309 e. The van der Waals surface area contributed by atoms with Gasteiger partial charge in [0.2, 0.25) is 0 Å². The lowest BCUT2D eigenvalue weighted by molar-refractivity contribution is 0.549. The van der Waals surface area contributed by atoms with E-state index in [1.54, 1.807) is 0 Å². The second-order valence-corrected chi connectivity index (χ2v) is 4.83. The van der Waals surface area contributed by atoms with Crippen LogP contribution in [-0.2, 0) is 0 Å². The maximum absolute atomic E-state index is 4.10. The lowest BCUT2D eigenvalue weighted by atomic mass is 10.0. The minimum absolute atomic E-state index is 0.461. The molecule has 1 heterocycles. The Kier molecular flexibility index (Phi) is 5.06. The van der Waals surface area contributed by atoms with E-state index < -0.39 is 0 Å². The molecule has 1 aromatic heterocycles. The molecule has 0 saturated carbocycles. The Labute approximate surface area is 97.2 Å². The summed E-state index contributed by atoms with van der Waals surface area (Å²) in [5, 5.41) is 5.71. The van der Waals surface area contributed by atoms with E-state index in [2.05, 4.69) is 44.1 Å². The third-order valence-corrected chi connectivity index (χ3v) is 3.79. The van der Waals surface area contributed by atoms with Crippen LogP contribution < -0.4 is 5.32 Å². The zero-order valence-electron chi connectivity index (χ0n) is 9.97. The van der Waals surface area contributed by atoms with Crippen LogP contribution in [0.4, 0.5) is 0 Å². The molecular weight excluding hydrogens is 202 g/mol. The normalized spacial score (nSPS) is 12.7. The molecule has 1 aromatic rings. The van der Waals surface area contributed by atoms with Crippen molar-refractivity contribution in [3.05, 3.63) is 34.0 Å². The van der Waals surface area contributed by atoms with Crippen molar-refractivity contribution in [1.82, 2.24) is 5.32 Å². The van der Waals surface area contributed by atoms with Gasteiger partial charge >= 0.3 is 0 Å². The number of thiophene rings is 1. The topological polar surface area (TPSA) is 12.0 Å². The van der Waals surface area contributed by atoms with Crippen LogP contribution in [0.3, 0.4) is 0 Å². The third kappa shape index (κ3) is 3.47. The Morgan fingerprint density at radius 3 is 2.73 bits per heavy atom. The highest BCUT2D eigenvalue weighted by molar-refractivity contribution is 7.10. The predicted octanol–water partition coefficient (Wildman–Crippen LogP) is 4.06. The predicted molar refractivity (Wildman–Crippen MR) is 69.5 cm³/mol. The summed E-state index contributed by atoms with van der Waals surface area (Å²) in [5.41, 5.74) is 2.73. The molecular formula is C13H21NS. The smallest absolute Gasteiger partial charge is 0.0454 e. The second-order valence-electron chi connectivity index (χ2n) is 3.89.